The van der Waals surface area contributed by atoms with Crippen molar-refractivity contribution in [2.24, 2.45) is 5.10 Å². The maximum atomic E-state index is 11.9. The van der Waals surface area contributed by atoms with E-state index in [2.05, 4.69) is 15.2 Å². The Balaban J connectivity index is 2.00. The van der Waals surface area contributed by atoms with Crippen molar-refractivity contribution in [2.45, 2.75) is 12.5 Å². The summed E-state index contributed by atoms with van der Waals surface area (Å²) in [5.74, 6) is -0.491. The Morgan fingerprint density at radius 3 is 3.06 bits per heavy atom. The van der Waals surface area contributed by atoms with Crippen molar-refractivity contribution in [1.82, 2.24) is 5.01 Å². The molecule has 1 aromatic rings. The topological polar surface area (TPSA) is 71.0 Å². The van der Waals surface area contributed by atoms with E-state index in [1.54, 1.807) is 0 Å². The lowest BCUT2D eigenvalue weighted by Gasteiger charge is -2.29. The van der Waals surface area contributed by atoms with E-state index >= 15 is 0 Å². The fourth-order valence-corrected chi connectivity index (χ4v) is 2.25. The molecule has 2 heterocycles. The smallest absolute Gasteiger partial charge is 0.354 e. The molecule has 1 aromatic carbocycles. The first-order valence-corrected chi connectivity index (χ1v) is 5.55. The lowest BCUT2D eigenvalue weighted by molar-refractivity contribution is -0.132. The zero-order valence-electron chi connectivity index (χ0n) is 9.71. The van der Waals surface area contributed by atoms with Crippen LogP contribution in [0.15, 0.2) is 29.4 Å². The maximum absolute atomic E-state index is 11.9. The monoisotopic (exact) mass is 245 g/mol. The van der Waals surface area contributed by atoms with Gasteiger partial charge in [-0.05, 0) is 6.07 Å². The van der Waals surface area contributed by atoms with Gasteiger partial charge in [-0.15, -0.1) is 0 Å². The van der Waals surface area contributed by atoms with Crippen LogP contribution in [0.4, 0.5) is 10.5 Å². The minimum absolute atomic E-state index is 0.218. The molecule has 2 amide bonds. The normalized spacial score (nSPS) is 20.7. The van der Waals surface area contributed by atoms with Crippen LogP contribution in [0, 0.1) is 0 Å². The van der Waals surface area contributed by atoms with Gasteiger partial charge in [-0.25, -0.2) is 14.6 Å². The number of carbonyl (C=O) groups excluding carboxylic acids is 2. The van der Waals surface area contributed by atoms with E-state index < -0.39 is 5.97 Å². The molecule has 0 saturated heterocycles. The van der Waals surface area contributed by atoms with Gasteiger partial charge in [0.15, 0.2) is 0 Å². The van der Waals surface area contributed by atoms with Gasteiger partial charge in [-0.3, -0.25) is 0 Å². The van der Waals surface area contributed by atoms with Crippen LogP contribution in [-0.2, 0) is 9.53 Å². The van der Waals surface area contributed by atoms with Crippen molar-refractivity contribution in [2.75, 3.05) is 12.4 Å². The lowest BCUT2D eigenvalue weighted by atomic mass is 9.98. The molecule has 2 aliphatic rings. The fraction of sp³-hybridized carbons (Fsp3) is 0.250. The highest BCUT2D eigenvalue weighted by Gasteiger charge is 2.39. The second-order valence-electron chi connectivity index (χ2n) is 4.12. The average Bonchev–Trinajstić information content (AvgIpc) is 2.84. The van der Waals surface area contributed by atoms with E-state index in [0.717, 1.165) is 11.3 Å². The van der Waals surface area contributed by atoms with Crippen LogP contribution in [-0.4, -0.2) is 29.8 Å². The first kappa shape index (κ1) is 10.8. The van der Waals surface area contributed by atoms with Crippen molar-refractivity contribution in [3.63, 3.8) is 0 Å². The van der Waals surface area contributed by atoms with Crippen molar-refractivity contribution in [1.29, 1.82) is 0 Å². The van der Waals surface area contributed by atoms with E-state index in [1.807, 2.05) is 24.3 Å². The van der Waals surface area contributed by atoms with Crippen molar-refractivity contribution < 1.29 is 14.3 Å². The number of anilines is 1. The number of methoxy groups -OCH3 is 1. The van der Waals surface area contributed by atoms with Gasteiger partial charge < -0.3 is 10.1 Å². The number of nitrogens with zero attached hydrogens (tertiary/aromatic N) is 2. The Morgan fingerprint density at radius 2 is 2.28 bits per heavy atom. The third kappa shape index (κ3) is 1.46. The first-order chi connectivity index (χ1) is 8.70. The second kappa shape index (κ2) is 3.83. The van der Waals surface area contributed by atoms with Crippen LogP contribution in [0.5, 0.6) is 0 Å². The number of fused-ring (bicyclic) bond motifs is 3. The van der Waals surface area contributed by atoms with Gasteiger partial charge >= 0.3 is 12.0 Å². The van der Waals surface area contributed by atoms with Crippen LogP contribution < -0.4 is 5.32 Å². The molecule has 1 unspecified atom stereocenters. The number of esters is 1. The second-order valence-corrected chi connectivity index (χ2v) is 4.12. The predicted octanol–water partition coefficient (Wildman–Crippen LogP) is 1.51. The molecule has 0 spiro atoms. The Labute approximate surface area is 103 Å². The SMILES string of the molecule is COC(=O)C1=NN2C(=O)Nc3ccccc3C2C1. The van der Waals surface area contributed by atoms with Gasteiger partial charge in [0.25, 0.3) is 0 Å². The number of hydrazone groups is 1. The molecule has 1 N–H and O–H groups in total. The third-order valence-electron chi connectivity index (χ3n) is 3.10. The van der Waals surface area contributed by atoms with Gasteiger partial charge in [0, 0.05) is 17.7 Å². The summed E-state index contributed by atoms with van der Waals surface area (Å²) >= 11 is 0. The summed E-state index contributed by atoms with van der Waals surface area (Å²) in [5.41, 5.74) is 2.00. The number of benzene rings is 1. The molecule has 0 fully saturated rings. The molecule has 92 valence electrons. The molecular formula is C12H11N3O3. The highest BCUT2D eigenvalue weighted by molar-refractivity contribution is 6.37. The molecular weight excluding hydrogens is 234 g/mol. The van der Waals surface area contributed by atoms with Gasteiger partial charge in [-0.2, -0.15) is 5.10 Å². The minimum Gasteiger partial charge on any atom is -0.464 e. The lowest BCUT2D eigenvalue weighted by Crippen LogP contribution is -2.36. The fourth-order valence-electron chi connectivity index (χ4n) is 2.25. The summed E-state index contributed by atoms with van der Waals surface area (Å²) in [4.78, 5) is 23.3. The molecule has 0 radical (unpaired) electrons. The summed E-state index contributed by atoms with van der Waals surface area (Å²) in [7, 11) is 1.30. The van der Waals surface area contributed by atoms with Crippen molar-refractivity contribution >= 4 is 23.4 Å². The zero-order valence-corrected chi connectivity index (χ0v) is 9.71. The Kier molecular flexibility index (Phi) is 2.29. The number of hydrogen-bond donors (Lipinski definition) is 1. The number of nitrogens with one attached hydrogen (secondary N) is 1. The van der Waals surface area contributed by atoms with Crippen molar-refractivity contribution in [3.8, 4) is 0 Å². The van der Waals surface area contributed by atoms with Gasteiger partial charge in [0.2, 0.25) is 0 Å². The third-order valence-corrected chi connectivity index (χ3v) is 3.10. The number of amides is 2. The highest BCUT2D eigenvalue weighted by Crippen LogP contribution is 2.38. The van der Waals surface area contributed by atoms with Crippen LogP contribution >= 0.6 is 0 Å². The summed E-state index contributed by atoms with van der Waals surface area (Å²) in [6.07, 6.45) is 0.386. The van der Waals surface area contributed by atoms with E-state index in [-0.39, 0.29) is 17.8 Å². The molecule has 0 aliphatic carbocycles. The van der Waals surface area contributed by atoms with E-state index in [0.29, 0.717) is 6.42 Å². The quantitative estimate of drug-likeness (QED) is 0.762. The molecule has 3 rings (SSSR count). The Morgan fingerprint density at radius 1 is 1.50 bits per heavy atom. The summed E-state index contributed by atoms with van der Waals surface area (Å²) in [6, 6.07) is 6.96. The number of ether oxygens (including phenoxy) is 1. The molecule has 0 aromatic heterocycles. The summed E-state index contributed by atoms with van der Waals surface area (Å²) in [6.45, 7) is 0. The Bertz CT molecular complexity index is 567. The van der Waals surface area contributed by atoms with Crippen molar-refractivity contribution in [3.05, 3.63) is 29.8 Å². The summed E-state index contributed by atoms with van der Waals surface area (Å²) < 4.78 is 4.64. The number of hydrogen-bond acceptors (Lipinski definition) is 4. The summed E-state index contributed by atoms with van der Waals surface area (Å²) in [5, 5.41) is 8.06. The number of rotatable bonds is 1. The van der Waals surface area contributed by atoms with E-state index in [4.69, 9.17) is 0 Å². The number of urea groups is 1. The Hall–Kier alpha value is -2.37. The number of para-hydroxylation sites is 1. The van der Waals surface area contributed by atoms with E-state index in [9.17, 15) is 9.59 Å². The molecule has 18 heavy (non-hydrogen) atoms. The zero-order chi connectivity index (χ0) is 12.7. The van der Waals surface area contributed by atoms with Gasteiger partial charge in [-0.1, -0.05) is 18.2 Å². The predicted molar refractivity (Wildman–Crippen MR) is 64.1 cm³/mol. The van der Waals surface area contributed by atoms with Crippen LogP contribution in [0.1, 0.15) is 18.0 Å². The minimum atomic E-state index is -0.491. The van der Waals surface area contributed by atoms with Crippen LogP contribution in [0.3, 0.4) is 0 Å². The molecule has 1 atom stereocenters. The molecule has 0 bridgehead atoms. The van der Waals surface area contributed by atoms with Crippen LogP contribution in [0.2, 0.25) is 0 Å². The standard InChI is InChI=1S/C12H11N3O3/c1-18-11(16)9-6-10-7-4-2-3-5-8(7)13-12(17)15(10)14-9/h2-5,10H,6H2,1H3,(H,13,17). The molecule has 2 aliphatic heterocycles. The molecule has 6 heteroatoms. The average molecular weight is 245 g/mol. The molecule has 6 nitrogen and oxygen atoms in total. The number of carbonyl (C=O) groups is 2. The maximum Gasteiger partial charge on any atom is 0.354 e. The first-order valence-electron chi connectivity index (χ1n) is 5.55. The van der Waals surface area contributed by atoms with Gasteiger partial charge in [0.05, 0.1) is 13.2 Å². The van der Waals surface area contributed by atoms with E-state index in [1.165, 1.54) is 12.1 Å². The largest absolute Gasteiger partial charge is 0.464 e. The van der Waals surface area contributed by atoms with Crippen LogP contribution in [0.25, 0.3) is 0 Å². The molecule has 0 saturated carbocycles. The highest BCUT2D eigenvalue weighted by atomic mass is 16.5. The van der Waals surface area contributed by atoms with Gasteiger partial charge in [0.1, 0.15) is 5.71 Å².